The van der Waals surface area contributed by atoms with Crippen molar-refractivity contribution in [2.45, 2.75) is 25.7 Å². The van der Waals surface area contributed by atoms with Gasteiger partial charge in [0.25, 0.3) is 0 Å². The smallest absolute Gasteiger partial charge is 0.173 e. The topological polar surface area (TPSA) is 39.2 Å². The van der Waals surface area contributed by atoms with Gasteiger partial charge in [-0.05, 0) is 40.9 Å². The number of hydrogen-bond donors (Lipinski definition) is 0. The van der Waals surface area contributed by atoms with Crippen molar-refractivity contribution < 1.29 is 9.53 Å². The molecule has 0 spiro atoms. The quantitative estimate of drug-likeness (QED) is 0.716. The first kappa shape index (κ1) is 15.0. The summed E-state index contributed by atoms with van der Waals surface area (Å²) in [7, 11) is 0. The number of nitrogens with zero attached hydrogens (tertiary/aromatic N) is 1. The summed E-state index contributed by atoms with van der Waals surface area (Å²) in [4.78, 5) is 16.5. The number of Topliss-reactive ketones (excluding diaryl/α,β-unsaturated/α-hetero) is 1. The van der Waals surface area contributed by atoms with E-state index in [-0.39, 0.29) is 18.3 Å². The molecule has 5 heteroatoms. The number of pyridine rings is 1. The molecule has 110 valence electrons. The molecule has 1 aromatic carbocycles. The Morgan fingerprint density at radius 2 is 2.05 bits per heavy atom. The highest BCUT2D eigenvalue weighted by Gasteiger charge is 2.23. The maximum atomic E-state index is 12.2. The summed E-state index contributed by atoms with van der Waals surface area (Å²) < 4.78 is 7.56. The summed E-state index contributed by atoms with van der Waals surface area (Å²) in [6.45, 7) is 0.122. The minimum absolute atomic E-state index is 0.122. The van der Waals surface area contributed by atoms with E-state index < -0.39 is 0 Å². The SMILES string of the molecule is O=C(COc1c(Br)cc(Br)c2cccnc12)C1CCCC1. The van der Waals surface area contributed by atoms with E-state index in [0.29, 0.717) is 5.75 Å². The van der Waals surface area contributed by atoms with Crippen LogP contribution in [0.5, 0.6) is 5.75 Å². The van der Waals surface area contributed by atoms with Crippen LogP contribution >= 0.6 is 31.9 Å². The molecule has 1 aliphatic rings. The van der Waals surface area contributed by atoms with Gasteiger partial charge in [-0.25, -0.2) is 0 Å². The molecule has 3 rings (SSSR count). The van der Waals surface area contributed by atoms with Gasteiger partial charge in [0, 0.05) is 22.0 Å². The van der Waals surface area contributed by atoms with E-state index in [0.717, 1.165) is 45.5 Å². The fourth-order valence-electron chi connectivity index (χ4n) is 2.79. The van der Waals surface area contributed by atoms with Gasteiger partial charge in [-0.1, -0.05) is 34.8 Å². The van der Waals surface area contributed by atoms with Crippen LogP contribution < -0.4 is 4.74 Å². The van der Waals surface area contributed by atoms with Crippen LogP contribution in [0.3, 0.4) is 0 Å². The molecule has 21 heavy (non-hydrogen) atoms. The molecule has 1 saturated carbocycles. The Kier molecular flexibility index (Phi) is 4.60. The third-order valence-corrected chi connectivity index (χ3v) is 5.16. The van der Waals surface area contributed by atoms with Crippen molar-refractivity contribution >= 4 is 48.5 Å². The highest BCUT2D eigenvalue weighted by atomic mass is 79.9. The monoisotopic (exact) mass is 411 g/mol. The van der Waals surface area contributed by atoms with Gasteiger partial charge in [-0.3, -0.25) is 9.78 Å². The summed E-state index contributed by atoms with van der Waals surface area (Å²) in [5, 5.41) is 0.976. The average molecular weight is 413 g/mol. The third kappa shape index (κ3) is 3.14. The Balaban J connectivity index is 1.85. The fraction of sp³-hybridized carbons (Fsp3) is 0.375. The Hall–Kier alpha value is -0.940. The zero-order valence-electron chi connectivity index (χ0n) is 11.4. The molecule has 0 saturated heterocycles. The van der Waals surface area contributed by atoms with Gasteiger partial charge in [0.2, 0.25) is 0 Å². The Labute approximate surface area is 140 Å². The molecule has 0 N–H and O–H groups in total. The highest BCUT2D eigenvalue weighted by molar-refractivity contribution is 9.11. The first-order valence-corrected chi connectivity index (χ1v) is 8.63. The molecule has 0 bridgehead atoms. The van der Waals surface area contributed by atoms with Gasteiger partial charge in [0.1, 0.15) is 12.1 Å². The molecule has 1 fully saturated rings. The molecule has 1 aliphatic carbocycles. The second-order valence-electron chi connectivity index (χ2n) is 5.31. The van der Waals surface area contributed by atoms with E-state index in [2.05, 4.69) is 36.8 Å². The molecule has 0 radical (unpaired) electrons. The normalized spacial score (nSPS) is 15.5. The summed E-state index contributed by atoms with van der Waals surface area (Å²) in [6.07, 6.45) is 6.05. The molecule has 2 aromatic rings. The number of fused-ring (bicyclic) bond motifs is 1. The molecule has 1 aromatic heterocycles. The van der Waals surface area contributed by atoms with Crippen LogP contribution in [0.15, 0.2) is 33.3 Å². The molecule has 1 heterocycles. The largest absolute Gasteiger partial charge is 0.482 e. The lowest BCUT2D eigenvalue weighted by molar-refractivity contribution is -0.124. The molecule has 0 aliphatic heterocycles. The second kappa shape index (κ2) is 6.44. The van der Waals surface area contributed by atoms with Crippen LogP contribution in [0.2, 0.25) is 0 Å². The first-order valence-electron chi connectivity index (χ1n) is 7.05. The Morgan fingerprint density at radius 1 is 1.29 bits per heavy atom. The lowest BCUT2D eigenvalue weighted by Crippen LogP contribution is -2.19. The Morgan fingerprint density at radius 3 is 2.81 bits per heavy atom. The third-order valence-electron chi connectivity index (χ3n) is 3.92. The summed E-state index contributed by atoms with van der Waals surface area (Å²) in [5.74, 6) is 1.02. The number of aromatic nitrogens is 1. The first-order chi connectivity index (χ1) is 10.2. The zero-order chi connectivity index (χ0) is 14.8. The van der Waals surface area contributed by atoms with Crippen LogP contribution in [0.25, 0.3) is 10.9 Å². The summed E-state index contributed by atoms with van der Waals surface area (Å²) >= 11 is 7.02. The van der Waals surface area contributed by atoms with Crippen molar-refractivity contribution in [3.05, 3.63) is 33.3 Å². The van der Waals surface area contributed by atoms with E-state index in [4.69, 9.17) is 4.74 Å². The maximum Gasteiger partial charge on any atom is 0.173 e. The van der Waals surface area contributed by atoms with E-state index in [1.54, 1.807) is 6.20 Å². The van der Waals surface area contributed by atoms with E-state index in [1.165, 1.54) is 0 Å². The zero-order valence-corrected chi connectivity index (χ0v) is 14.6. The van der Waals surface area contributed by atoms with Crippen molar-refractivity contribution in [1.82, 2.24) is 4.98 Å². The molecule has 0 atom stereocenters. The number of halogens is 2. The van der Waals surface area contributed by atoms with Gasteiger partial charge < -0.3 is 4.74 Å². The standard InChI is InChI=1S/C16H15Br2NO2/c17-12-8-13(18)16(15-11(12)6-3-7-19-15)21-9-14(20)10-4-1-2-5-10/h3,6-8,10H,1-2,4-5,9H2. The van der Waals surface area contributed by atoms with Crippen LogP contribution in [-0.2, 0) is 4.79 Å². The fourth-order valence-corrected chi connectivity index (χ4v) is 4.18. The molecular formula is C16H15Br2NO2. The van der Waals surface area contributed by atoms with Crippen molar-refractivity contribution in [2.24, 2.45) is 5.92 Å². The number of ether oxygens (including phenoxy) is 1. The lowest BCUT2D eigenvalue weighted by atomic mass is 10.0. The van der Waals surface area contributed by atoms with Crippen LogP contribution in [0.1, 0.15) is 25.7 Å². The van der Waals surface area contributed by atoms with Gasteiger partial charge in [0.15, 0.2) is 11.5 Å². The molecule has 3 nitrogen and oxygen atoms in total. The van der Waals surface area contributed by atoms with Crippen molar-refractivity contribution in [3.8, 4) is 5.75 Å². The number of ketones is 1. The number of benzene rings is 1. The predicted octanol–water partition coefficient (Wildman–Crippen LogP) is 4.90. The van der Waals surface area contributed by atoms with E-state index in [9.17, 15) is 4.79 Å². The lowest BCUT2D eigenvalue weighted by Gasteiger charge is -2.13. The number of hydrogen-bond acceptors (Lipinski definition) is 3. The minimum atomic E-state index is 0.122. The molecular weight excluding hydrogens is 398 g/mol. The van der Waals surface area contributed by atoms with Gasteiger partial charge in [0.05, 0.1) is 4.47 Å². The molecule has 0 amide bonds. The average Bonchev–Trinajstić information content (AvgIpc) is 3.01. The van der Waals surface area contributed by atoms with E-state index >= 15 is 0 Å². The van der Waals surface area contributed by atoms with Gasteiger partial charge >= 0.3 is 0 Å². The van der Waals surface area contributed by atoms with Crippen molar-refractivity contribution in [2.75, 3.05) is 6.61 Å². The van der Waals surface area contributed by atoms with Crippen LogP contribution in [0.4, 0.5) is 0 Å². The van der Waals surface area contributed by atoms with E-state index in [1.807, 2.05) is 18.2 Å². The highest BCUT2D eigenvalue weighted by Crippen LogP contribution is 2.37. The van der Waals surface area contributed by atoms with Gasteiger partial charge in [-0.15, -0.1) is 0 Å². The maximum absolute atomic E-state index is 12.2. The summed E-state index contributed by atoms with van der Waals surface area (Å²) in [5.41, 5.74) is 0.762. The van der Waals surface area contributed by atoms with Crippen LogP contribution in [-0.4, -0.2) is 17.4 Å². The van der Waals surface area contributed by atoms with Crippen molar-refractivity contribution in [3.63, 3.8) is 0 Å². The minimum Gasteiger partial charge on any atom is -0.482 e. The second-order valence-corrected chi connectivity index (χ2v) is 7.01. The summed E-state index contributed by atoms with van der Waals surface area (Å²) in [6, 6.07) is 5.79. The molecule has 0 unspecified atom stereocenters. The van der Waals surface area contributed by atoms with Crippen LogP contribution in [0, 0.1) is 5.92 Å². The predicted molar refractivity (Wildman–Crippen MR) is 89.6 cm³/mol. The number of rotatable bonds is 4. The van der Waals surface area contributed by atoms with Crippen molar-refractivity contribution in [1.29, 1.82) is 0 Å². The number of carbonyl (C=O) groups is 1. The Bertz CT molecular complexity index is 681. The van der Waals surface area contributed by atoms with Gasteiger partial charge in [-0.2, -0.15) is 0 Å². The number of carbonyl (C=O) groups excluding carboxylic acids is 1.